The molecule has 6 heteroatoms. The van der Waals surface area contributed by atoms with Crippen molar-refractivity contribution in [2.45, 2.75) is 124 Å². The zero-order valence-electron chi connectivity index (χ0n) is 21.7. The summed E-state index contributed by atoms with van der Waals surface area (Å²) < 4.78 is 4.91. The average molecular weight is 479 g/mol. The van der Waals surface area contributed by atoms with E-state index in [2.05, 4.69) is 21.7 Å². The highest BCUT2D eigenvalue weighted by Gasteiger charge is 2.14. The van der Waals surface area contributed by atoms with Gasteiger partial charge in [0, 0.05) is 0 Å². The summed E-state index contributed by atoms with van der Waals surface area (Å²) in [5.41, 5.74) is 2.12. The zero-order chi connectivity index (χ0) is 24.9. The molecule has 0 saturated carbocycles. The Morgan fingerprint density at radius 2 is 1.18 bits per heavy atom. The quantitative estimate of drug-likeness (QED) is 0.0807. The predicted molar refractivity (Wildman–Crippen MR) is 134 cm³/mol. The topological polar surface area (TPSA) is 71.1 Å². The highest BCUT2D eigenvalue weighted by atomic mass is 17.5. The van der Waals surface area contributed by atoms with E-state index in [-0.39, 0.29) is 6.61 Å². The molecule has 0 N–H and O–H groups in total. The molecule has 0 aliphatic heterocycles. The van der Waals surface area contributed by atoms with E-state index in [4.69, 9.17) is 4.74 Å². The molecule has 0 heterocycles. The minimum absolute atomic E-state index is 0.256. The molecule has 0 fully saturated rings. The monoisotopic (exact) mass is 478 g/mol. The van der Waals surface area contributed by atoms with Gasteiger partial charge in [-0.3, -0.25) is 4.89 Å². The van der Waals surface area contributed by atoms with Gasteiger partial charge in [0.05, 0.1) is 17.2 Å². The van der Waals surface area contributed by atoms with Crippen LogP contribution in [0, 0.1) is 13.8 Å². The number of benzene rings is 1. The Kier molecular flexibility index (Phi) is 17.9. The number of aryl methyl sites for hydroxylation is 2. The lowest BCUT2D eigenvalue weighted by atomic mass is 10.0. The third-order valence-corrected chi connectivity index (χ3v) is 6.03. The van der Waals surface area contributed by atoms with Gasteiger partial charge in [-0.05, 0) is 31.9 Å². The maximum absolute atomic E-state index is 11.9. The summed E-state index contributed by atoms with van der Waals surface area (Å²) in [6, 6.07) is 5.27. The van der Waals surface area contributed by atoms with E-state index in [0.717, 1.165) is 30.4 Å². The van der Waals surface area contributed by atoms with Crippen LogP contribution in [-0.4, -0.2) is 18.7 Å². The van der Waals surface area contributed by atoms with Gasteiger partial charge in [0.15, 0.2) is 0 Å². The van der Waals surface area contributed by atoms with Crippen molar-refractivity contribution in [1.29, 1.82) is 0 Å². The lowest BCUT2D eigenvalue weighted by Crippen LogP contribution is -2.13. The number of hydrogen-bond acceptors (Lipinski definition) is 6. The van der Waals surface area contributed by atoms with Gasteiger partial charge in [-0.1, -0.05) is 121 Å². The Balaban J connectivity index is 1.85. The van der Waals surface area contributed by atoms with Gasteiger partial charge in [-0.15, -0.1) is 0 Å². The summed E-state index contributed by atoms with van der Waals surface area (Å²) >= 11 is 0. The van der Waals surface area contributed by atoms with Crippen molar-refractivity contribution in [2.75, 3.05) is 6.61 Å². The smallest absolute Gasteiger partial charge is 0.432 e. The molecule has 0 aliphatic carbocycles. The fourth-order valence-corrected chi connectivity index (χ4v) is 3.99. The second-order valence-corrected chi connectivity index (χ2v) is 9.24. The third kappa shape index (κ3) is 15.7. The van der Waals surface area contributed by atoms with Crippen LogP contribution in [0.5, 0.6) is 0 Å². The van der Waals surface area contributed by atoms with Crippen molar-refractivity contribution in [3.05, 3.63) is 34.9 Å². The Bertz CT molecular complexity index is 673. The largest absolute Gasteiger partial charge is 0.543 e. The summed E-state index contributed by atoms with van der Waals surface area (Å²) in [7, 11) is 0. The highest BCUT2D eigenvalue weighted by molar-refractivity contribution is 5.90. The molecule has 0 spiro atoms. The van der Waals surface area contributed by atoms with Crippen LogP contribution in [0.4, 0.5) is 4.79 Å². The van der Waals surface area contributed by atoms with Crippen molar-refractivity contribution >= 4 is 12.1 Å². The maximum Gasteiger partial charge on any atom is 0.543 e. The second-order valence-electron chi connectivity index (χ2n) is 9.24. The third-order valence-electron chi connectivity index (χ3n) is 6.03. The first-order valence-electron chi connectivity index (χ1n) is 13.3. The lowest BCUT2D eigenvalue weighted by Gasteiger charge is -2.06. The maximum atomic E-state index is 11.9. The molecule has 0 aromatic heterocycles. The summed E-state index contributed by atoms with van der Waals surface area (Å²) in [6.07, 6.45) is 19.6. The Morgan fingerprint density at radius 1 is 0.676 bits per heavy atom. The fraction of sp³-hybridized carbons (Fsp3) is 0.714. The fourth-order valence-electron chi connectivity index (χ4n) is 3.99. The number of hydrogen-bond donors (Lipinski definition) is 0. The van der Waals surface area contributed by atoms with E-state index >= 15 is 0 Å². The minimum Gasteiger partial charge on any atom is -0.432 e. The first kappa shape index (κ1) is 30.0. The summed E-state index contributed by atoms with van der Waals surface area (Å²) in [5, 5.41) is 4.26. The van der Waals surface area contributed by atoms with Crippen LogP contribution in [0.3, 0.4) is 0 Å². The molecule has 0 aliphatic rings. The second kappa shape index (κ2) is 20.3. The molecule has 0 unspecified atom stereocenters. The molecule has 1 rings (SSSR count). The molecule has 0 radical (unpaired) electrons. The predicted octanol–water partition coefficient (Wildman–Crippen LogP) is 8.72. The van der Waals surface area contributed by atoms with Gasteiger partial charge < -0.3 is 4.74 Å². The Labute approximate surface area is 206 Å². The number of unbranched alkanes of at least 4 members (excludes halogenated alkanes) is 15. The molecule has 0 amide bonds. The van der Waals surface area contributed by atoms with Crippen LogP contribution in [0.1, 0.15) is 131 Å². The van der Waals surface area contributed by atoms with Crippen LogP contribution in [0.2, 0.25) is 0 Å². The average Bonchev–Trinajstić information content (AvgIpc) is 2.81. The van der Waals surface area contributed by atoms with E-state index < -0.39 is 12.1 Å². The number of ether oxygens (including phenoxy) is 1. The van der Waals surface area contributed by atoms with Crippen molar-refractivity contribution in [3.63, 3.8) is 0 Å². The molecule has 1 aromatic rings. The molecule has 194 valence electrons. The van der Waals surface area contributed by atoms with Crippen LogP contribution in [-0.2, 0) is 19.6 Å². The van der Waals surface area contributed by atoms with Crippen LogP contribution in [0.25, 0.3) is 0 Å². The van der Waals surface area contributed by atoms with E-state index in [1.165, 1.54) is 83.5 Å². The summed E-state index contributed by atoms with van der Waals surface area (Å²) in [6.45, 7) is 6.24. The van der Waals surface area contributed by atoms with Crippen molar-refractivity contribution < 1.29 is 29.1 Å². The Hall–Kier alpha value is -2.08. The van der Waals surface area contributed by atoms with E-state index in [1.54, 1.807) is 19.1 Å². The molecule has 1 aromatic carbocycles. The van der Waals surface area contributed by atoms with Crippen molar-refractivity contribution in [3.8, 4) is 0 Å². The number of rotatable bonds is 20. The van der Waals surface area contributed by atoms with Gasteiger partial charge in [-0.2, -0.15) is 0 Å². The molecule has 0 saturated heterocycles. The molecule has 34 heavy (non-hydrogen) atoms. The highest BCUT2D eigenvalue weighted by Crippen LogP contribution is 2.14. The number of carbonyl (C=O) groups excluding carboxylic acids is 2. The van der Waals surface area contributed by atoms with Gasteiger partial charge >= 0.3 is 12.1 Å². The van der Waals surface area contributed by atoms with Crippen molar-refractivity contribution in [2.24, 2.45) is 0 Å². The first-order chi connectivity index (χ1) is 16.5. The zero-order valence-corrected chi connectivity index (χ0v) is 21.7. The molecular formula is C28H46O6. The standard InChI is InChI=1S/C28H46O6/c1-4-5-6-7-8-9-10-11-12-13-14-15-16-17-18-19-22-31-28(30)33-34-32-27(29)26-21-20-24(2)23-25(26)3/h20-21,23H,4-19,22H2,1-3H3. The van der Waals surface area contributed by atoms with Gasteiger partial charge in [0.25, 0.3) is 0 Å². The van der Waals surface area contributed by atoms with E-state index in [9.17, 15) is 9.59 Å². The molecular weight excluding hydrogens is 432 g/mol. The molecule has 0 atom stereocenters. The number of carbonyl (C=O) groups is 2. The summed E-state index contributed by atoms with van der Waals surface area (Å²) in [5.74, 6) is -0.733. The molecule has 6 nitrogen and oxygen atoms in total. The minimum atomic E-state index is -1.02. The van der Waals surface area contributed by atoms with E-state index in [0.29, 0.717) is 5.56 Å². The van der Waals surface area contributed by atoms with Crippen LogP contribution < -0.4 is 0 Å². The normalized spacial score (nSPS) is 10.8. The van der Waals surface area contributed by atoms with Gasteiger partial charge in [0.2, 0.25) is 0 Å². The van der Waals surface area contributed by atoms with Crippen LogP contribution in [0.15, 0.2) is 18.2 Å². The first-order valence-corrected chi connectivity index (χ1v) is 13.3. The van der Waals surface area contributed by atoms with Gasteiger partial charge in [-0.25, -0.2) is 14.5 Å². The summed E-state index contributed by atoms with van der Waals surface area (Å²) in [4.78, 5) is 32.2. The van der Waals surface area contributed by atoms with Crippen molar-refractivity contribution in [1.82, 2.24) is 0 Å². The van der Waals surface area contributed by atoms with E-state index in [1.807, 2.05) is 13.0 Å². The SMILES string of the molecule is CCCCCCCCCCCCCCCCCCOC(=O)OOOC(=O)c1ccc(C)cc1C. The molecule has 0 bridgehead atoms. The van der Waals surface area contributed by atoms with Gasteiger partial charge in [0.1, 0.15) is 0 Å². The Morgan fingerprint density at radius 3 is 1.68 bits per heavy atom. The van der Waals surface area contributed by atoms with Crippen LogP contribution >= 0.6 is 0 Å². The lowest BCUT2D eigenvalue weighted by molar-refractivity contribution is -0.452.